The lowest BCUT2D eigenvalue weighted by atomic mass is 9.93. The van der Waals surface area contributed by atoms with Gasteiger partial charge >= 0.3 is 6.18 Å². The first-order valence-corrected chi connectivity index (χ1v) is 10.2. The molecule has 3 aromatic carbocycles. The second-order valence-corrected chi connectivity index (χ2v) is 8.27. The summed E-state index contributed by atoms with van der Waals surface area (Å²) in [6.07, 6.45) is -4.81. The summed E-state index contributed by atoms with van der Waals surface area (Å²) in [5.74, 6) is -2.47. The van der Waals surface area contributed by atoms with Crippen molar-refractivity contribution in [2.75, 3.05) is 5.32 Å². The molecule has 0 bridgehead atoms. The van der Waals surface area contributed by atoms with E-state index in [2.05, 4.69) is 26.6 Å². The molecule has 0 fully saturated rings. The zero-order valence-corrected chi connectivity index (χ0v) is 18.1. The van der Waals surface area contributed by atoms with Crippen LogP contribution in [0.25, 0.3) is 0 Å². The maximum absolute atomic E-state index is 13.8. The molecule has 0 aromatic heterocycles. The Balaban J connectivity index is 1.77. The molecule has 2 amide bonds. The fourth-order valence-electron chi connectivity index (χ4n) is 3.72. The minimum Gasteiger partial charge on any atom is -0.341 e. The largest absolute Gasteiger partial charge is 0.416 e. The van der Waals surface area contributed by atoms with E-state index in [4.69, 9.17) is 0 Å². The van der Waals surface area contributed by atoms with E-state index in [1.165, 1.54) is 0 Å². The van der Waals surface area contributed by atoms with Crippen LogP contribution in [0.2, 0.25) is 0 Å². The van der Waals surface area contributed by atoms with Gasteiger partial charge in [-0.2, -0.15) is 13.2 Å². The number of amides is 2. The van der Waals surface area contributed by atoms with Gasteiger partial charge < -0.3 is 10.6 Å². The third-order valence-electron chi connectivity index (χ3n) is 5.19. The summed E-state index contributed by atoms with van der Waals surface area (Å²) in [6, 6.07) is 11.6. The lowest BCUT2D eigenvalue weighted by Crippen LogP contribution is -2.21. The smallest absolute Gasteiger partial charge is 0.341 e. The van der Waals surface area contributed by atoms with Gasteiger partial charge in [0.25, 0.3) is 11.8 Å². The second kappa shape index (κ2) is 8.05. The third kappa shape index (κ3) is 4.12. The van der Waals surface area contributed by atoms with E-state index in [1.807, 2.05) is 31.2 Å². The number of benzene rings is 3. The van der Waals surface area contributed by atoms with Crippen LogP contribution in [0, 0.1) is 12.7 Å². The van der Waals surface area contributed by atoms with Gasteiger partial charge in [-0.25, -0.2) is 4.39 Å². The van der Waals surface area contributed by atoms with Gasteiger partial charge in [-0.1, -0.05) is 40.2 Å². The van der Waals surface area contributed by atoms with Crippen LogP contribution in [0.1, 0.15) is 49.0 Å². The number of fused-ring (bicyclic) bond motifs is 1. The minimum atomic E-state index is -4.81. The fraction of sp³-hybridized carbons (Fsp3) is 0.130. The van der Waals surface area contributed by atoms with Crippen molar-refractivity contribution < 1.29 is 27.2 Å². The second-order valence-electron chi connectivity index (χ2n) is 7.36. The number of alkyl halides is 3. The van der Waals surface area contributed by atoms with Gasteiger partial charge in [-0.15, -0.1) is 0 Å². The van der Waals surface area contributed by atoms with E-state index in [-0.39, 0.29) is 11.6 Å². The molecule has 0 aliphatic carbocycles. The van der Waals surface area contributed by atoms with Crippen LogP contribution >= 0.6 is 15.9 Å². The van der Waals surface area contributed by atoms with E-state index in [0.717, 1.165) is 17.2 Å². The van der Waals surface area contributed by atoms with Crippen molar-refractivity contribution in [1.82, 2.24) is 5.32 Å². The molecule has 0 saturated carbocycles. The Bertz CT molecular complexity index is 1260. The molecule has 2 N–H and O–H groups in total. The average Bonchev–Trinajstić information content (AvgIpc) is 3.03. The highest BCUT2D eigenvalue weighted by Gasteiger charge is 2.35. The van der Waals surface area contributed by atoms with Crippen LogP contribution in [0.3, 0.4) is 0 Å². The first-order valence-electron chi connectivity index (χ1n) is 9.43. The monoisotopic (exact) mass is 506 g/mol. The van der Waals surface area contributed by atoms with E-state index in [9.17, 15) is 27.2 Å². The molecule has 1 aliphatic rings. The molecular formula is C23H15BrF4N2O2. The molecule has 32 heavy (non-hydrogen) atoms. The van der Waals surface area contributed by atoms with E-state index < -0.39 is 35.1 Å². The first kappa shape index (κ1) is 22.0. The van der Waals surface area contributed by atoms with Crippen LogP contribution in [-0.2, 0) is 6.18 Å². The Hall–Kier alpha value is -3.20. The first-order chi connectivity index (χ1) is 15.0. The Morgan fingerprint density at radius 1 is 1.09 bits per heavy atom. The number of rotatable bonds is 3. The van der Waals surface area contributed by atoms with Crippen molar-refractivity contribution in [2.24, 2.45) is 0 Å². The van der Waals surface area contributed by atoms with E-state index in [1.54, 1.807) is 12.1 Å². The molecule has 0 radical (unpaired) electrons. The molecule has 4 rings (SSSR count). The van der Waals surface area contributed by atoms with Gasteiger partial charge in [0.2, 0.25) is 0 Å². The Kier molecular flexibility index (Phi) is 5.54. The zero-order chi connectivity index (χ0) is 23.2. The normalized spacial score (nSPS) is 15.3. The molecule has 0 spiro atoms. The number of carbonyl (C=O) groups excluding carboxylic acids is 2. The standard InChI is InChI=1S/C23H15BrF4N2O2/c1-11-4-2-3-5-16(11)20-19-17(22(32)30-20)9-14(24)10-18(19)29-21(31)12-6-13(23(26,27)28)8-15(25)7-12/h2-10,20H,1H3,(H,29,31)(H,30,32). The Labute approximate surface area is 188 Å². The summed E-state index contributed by atoms with van der Waals surface area (Å²) in [4.78, 5) is 25.4. The van der Waals surface area contributed by atoms with Crippen molar-refractivity contribution in [2.45, 2.75) is 19.1 Å². The van der Waals surface area contributed by atoms with Crippen molar-refractivity contribution in [3.8, 4) is 0 Å². The number of hydrogen-bond acceptors (Lipinski definition) is 2. The van der Waals surface area contributed by atoms with Gasteiger partial charge in [0.05, 0.1) is 11.6 Å². The van der Waals surface area contributed by atoms with Crippen LogP contribution in [-0.4, -0.2) is 11.8 Å². The molecule has 1 heterocycles. The zero-order valence-electron chi connectivity index (χ0n) is 16.5. The molecular weight excluding hydrogens is 492 g/mol. The van der Waals surface area contributed by atoms with Gasteiger partial charge in [0.15, 0.2) is 0 Å². The van der Waals surface area contributed by atoms with Gasteiger partial charge in [-0.05, 0) is 48.4 Å². The maximum atomic E-state index is 13.8. The third-order valence-corrected chi connectivity index (χ3v) is 5.65. The predicted octanol–water partition coefficient (Wildman–Crippen LogP) is 6.00. The summed E-state index contributed by atoms with van der Waals surface area (Å²) in [5, 5.41) is 5.43. The topological polar surface area (TPSA) is 58.2 Å². The molecule has 164 valence electrons. The Morgan fingerprint density at radius 2 is 1.81 bits per heavy atom. The predicted molar refractivity (Wildman–Crippen MR) is 114 cm³/mol. The quantitative estimate of drug-likeness (QED) is 0.428. The summed E-state index contributed by atoms with van der Waals surface area (Å²) < 4.78 is 53.4. The summed E-state index contributed by atoms with van der Waals surface area (Å²) in [6.45, 7) is 1.88. The van der Waals surface area contributed by atoms with E-state index in [0.29, 0.717) is 27.7 Å². The van der Waals surface area contributed by atoms with Crippen LogP contribution in [0.15, 0.2) is 59.1 Å². The highest BCUT2D eigenvalue weighted by molar-refractivity contribution is 9.10. The Morgan fingerprint density at radius 3 is 2.50 bits per heavy atom. The van der Waals surface area contributed by atoms with E-state index >= 15 is 0 Å². The maximum Gasteiger partial charge on any atom is 0.416 e. The van der Waals surface area contributed by atoms with Gasteiger partial charge in [0, 0.05) is 26.9 Å². The van der Waals surface area contributed by atoms with Crippen molar-refractivity contribution in [3.05, 3.63) is 98.3 Å². The van der Waals surface area contributed by atoms with Crippen LogP contribution < -0.4 is 10.6 Å². The van der Waals surface area contributed by atoms with Gasteiger partial charge in [-0.3, -0.25) is 9.59 Å². The lowest BCUT2D eigenvalue weighted by Gasteiger charge is -2.19. The molecule has 3 aromatic rings. The van der Waals surface area contributed by atoms with Gasteiger partial charge in [0.1, 0.15) is 5.82 Å². The number of halogens is 5. The number of hydrogen-bond donors (Lipinski definition) is 2. The van der Waals surface area contributed by atoms with Crippen molar-refractivity contribution in [3.63, 3.8) is 0 Å². The molecule has 1 aliphatic heterocycles. The highest BCUT2D eigenvalue weighted by Crippen LogP contribution is 2.40. The summed E-state index contributed by atoms with van der Waals surface area (Å²) in [7, 11) is 0. The molecule has 0 saturated heterocycles. The average molecular weight is 507 g/mol. The van der Waals surface area contributed by atoms with Crippen molar-refractivity contribution in [1.29, 1.82) is 0 Å². The fourth-order valence-corrected chi connectivity index (χ4v) is 4.18. The number of anilines is 1. The number of aryl methyl sites for hydroxylation is 1. The number of nitrogens with one attached hydrogen (secondary N) is 2. The minimum absolute atomic E-state index is 0.226. The summed E-state index contributed by atoms with van der Waals surface area (Å²) in [5.41, 5.74) is 0.983. The summed E-state index contributed by atoms with van der Waals surface area (Å²) >= 11 is 3.29. The molecule has 1 unspecified atom stereocenters. The molecule has 4 nitrogen and oxygen atoms in total. The SMILES string of the molecule is Cc1ccccc1C1NC(=O)c2cc(Br)cc(NC(=O)c3cc(F)cc(C(F)(F)F)c3)c21. The van der Waals surface area contributed by atoms with Crippen molar-refractivity contribution >= 4 is 33.4 Å². The molecule has 9 heteroatoms. The van der Waals surface area contributed by atoms with Crippen LogP contribution in [0.5, 0.6) is 0 Å². The number of carbonyl (C=O) groups is 2. The molecule has 1 atom stereocenters. The lowest BCUT2D eigenvalue weighted by molar-refractivity contribution is -0.137. The van der Waals surface area contributed by atoms with Crippen LogP contribution in [0.4, 0.5) is 23.2 Å². The highest BCUT2D eigenvalue weighted by atomic mass is 79.9.